The predicted molar refractivity (Wildman–Crippen MR) is 80.0 cm³/mol. The highest BCUT2D eigenvalue weighted by molar-refractivity contribution is 5.82. The molecule has 0 saturated carbocycles. The van der Waals surface area contributed by atoms with Crippen LogP contribution in [0.4, 0.5) is 13.2 Å². The minimum Gasteiger partial charge on any atom is -0.375 e. The first-order valence-electron chi connectivity index (χ1n) is 7.59. The van der Waals surface area contributed by atoms with E-state index in [1.54, 1.807) is 0 Å². The topological polar surface area (TPSA) is 50.4 Å². The van der Waals surface area contributed by atoms with Gasteiger partial charge in [0.2, 0.25) is 5.91 Å². The molecule has 2 rings (SSSR count). The molecular formula is C16H21F3N2O2. The molecule has 1 saturated heterocycles. The van der Waals surface area contributed by atoms with E-state index < -0.39 is 17.8 Å². The van der Waals surface area contributed by atoms with Crippen LogP contribution in [0.1, 0.15) is 25.0 Å². The summed E-state index contributed by atoms with van der Waals surface area (Å²) in [5.74, 6) is -0.156. The van der Waals surface area contributed by atoms with E-state index in [9.17, 15) is 18.0 Å². The summed E-state index contributed by atoms with van der Waals surface area (Å²) in [6, 6.07) is 4.41. The molecule has 0 radical (unpaired) electrons. The zero-order chi connectivity index (χ0) is 17.0. The molecule has 128 valence electrons. The van der Waals surface area contributed by atoms with Crippen molar-refractivity contribution in [3.8, 4) is 0 Å². The molecule has 23 heavy (non-hydrogen) atoms. The van der Waals surface area contributed by atoms with E-state index in [1.807, 2.05) is 13.8 Å². The van der Waals surface area contributed by atoms with Gasteiger partial charge in [-0.15, -0.1) is 0 Å². The van der Waals surface area contributed by atoms with Gasteiger partial charge in [-0.3, -0.25) is 4.79 Å². The molecule has 0 aromatic heterocycles. The van der Waals surface area contributed by atoms with Crippen LogP contribution in [0.5, 0.6) is 0 Å². The van der Waals surface area contributed by atoms with Gasteiger partial charge < -0.3 is 15.4 Å². The summed E-state index contributed by atoms with van der Waals surface area (Å²) in [6.07, 6.45) is -4.07. The van der Waals surface area contributed by atoms with Crippen LogP contribution >= 0.6 is 0 Å². The van der Waals surface area contributed by atoms with Gasteiger partial charge in [-0.1, -0.05) is 12.1 Å². The first-order valence-corrected chi connectivity index (χ1v) is 7.59. The van der Waals surface area contributed by atoms with Crippen LogP contribution < -0.4 is 10.6 Å². The fourth-order valence-electron chi connectivity index (χ4n) is 2.59. The second kappa shape index (κ2) is 7.31. The molecule has 1 aromatic rings. The molecule has 0 bridgehead atoms. The van der Waals surface area contributed by atoms with Gasteiger partial charge in [0, 0.05) is 12.6 Å². The van der Waals surface area contributed by atoms with Crippen LogP contribution in [0, 0.1) is 0 Å². The lowest BCUT2D eigenvalue weighted by Gasteiger charge is -2.30. The monoisotopic (exact) mass is 330 g/mol. The van der Waals surface area contributed by atoms with E-state index >= 15 is 0 Å². The zero-order valence-corrected chi connectivity index (χ0v) is 13.1. The highest BCUT2D eigenvalue weighted by Gasteiger charge is 2.30. The van der Waals surface area contributed by atoms with Crippen molar-refractivity contribution in [1.29, 1.82) is 0 Å². The molecule has 1 unspecified atom stereocenters. The average molecular weight is 330 g/mol. The molecule has 4 nitrogen and oxygen atoms in total. The fraction of sp³-hybridized carbons (Fsp3) is 0.562. The maximum absolute atomic E-state index is 12.5. The second-order valence-corrected chi connectivity index (χ2v) is 5.82. The van der Waals surface area contributed by atoms with Crippen molar-refractivity contribution in [2.75, 3.05) is 13.2 Å². The summed E-state index contributed by atoms with van der Waals surface area (Å²) in [7, 11) is 0. The number of morpholine rings is 1. The maximum Gasteiger partial charge on any atom is 0.416 e. The van der Waals surface area contributed by atoms with E-state index in [0.29, 0.717) is 19.6 Å². The Morgan fingerprint density at radius 3 is 2.61 bits per heavy atom. The number of alkyl halides is 3. The summed E-state index contributed by atoms with van der Waals surface area (Å²) in [6.45, 7) is 4.85. The first-order chi connectivity index (χ1) is 10.8. The molecule has 1 amide bonds. The van der Waals surface area contributed by atoms with Gasteiger partial charge in [0.25, 0.3) is 0 Å². The number of rotatable bonds is 4. The smallest absolute Gasteiger partial charge is 0.375 e. The van der Waals surface area contributed by atoms with Crippen molar-refractivity contribution >= 4 is 5.91 Å². The average Bonchev–Trinajstić information content (AvgIpc) is 2.47. The molecule has 0 spiro atoms. The van der Waals surface area contributed by atoms with Gasteiger partial charge in [-0.05, 0) is 38.0 Å². The number of ether oxygens (including phenoxy) is 1. The Morgan fingerprint density at radius 1 is 1.39 bits per heavy atom. The molecule has 1 aliphatic rings. The van der Waals surface area contributed by atoms with Gasteiger partial charge in [0.05, 0.1) is 18.3 Å². The third-order valence-corrected chi connectivity index (χ3v) is 3.81. The van der Waals surface area contributed by atoms with Gasteiger partial charge in [0.1, 0.15) is 6.04 Å². The Balaban J connectivity index is 1.89. The van der Waals surface area contributed by atoms with E-state index in [2.05, 4.69) is 10.6 Å². The molecule has 1 aromatic carbocycles. The van der Waals surface area contributed by atoms with Crippen molar-refractivity contribution in [2.24, 2.45) is 0 Å². The lowest BCUT2D eigenvalue weighted by Crippen LogP contribution is -2.56. The lowest BCUT2D eigenvalue weighted by atomic mass is 10.0. The van der Waals surface area contributed by atoms with Crippen molar-refractivity contribution in [3.63, 3.8) is 0 Å². The number of amides is 1. The quantitative estimate of drug-likeness (QED) is 0.889. The fourth-order valence-corrected chi connectivity index (χ4v) is 2.59. The minimum absolute atomic E-state index is 0.156. The number of hydrogen-bond donors (Lipinski definition) is 2. The van der Waals surface area contributed by atoms with Gasteiger partial charge in [-0.25, -0.2) is 0 Å². The number of hydrogen-bond acceptors (Lipinski definition) is 3. The maximum atomic E-state index is 12.5. The summed E-state index contributed by atoms with van der Waals surface area (Å²) < 4.78 is 43.0. The van der Waals surface area contributed by atoms with Gasteiger partial charge >= 0.3 is 6.18 Å². The Morgan fingerprint density at radius 2 is 2.04 bits per heavy atom. The third-order valence-electron chi connectivity index (χ3n) is 3.81. The van der Waals surface area contributed by atoms with Crippen molar-refractivity contribution in [1.82, 2.24) is 10.6 Å². The highest BCUT2D eigenvalue weighted by atomic mass is 19.4. The van der Waals surface area contributed by atoms with Crippen LogP contribution in [0.25, 0.3) is 0 Å². The first kappa shape index (κ1) is 17.7. The largest absolute Gasteiger partial charge is 0.416 e. The third kappa shape index (κ3) is 4.94. The van der Waals surface area contributed by atoms with E-state index in [0.717, 1.165) is 17.7 Å². The van der Waals surface area contributed by atoms with Crippen LogP contribution in [-0.4, -0.2) is 37.2 Å². The van der Waals surface area contributed by atoms with Crippen molar-refractivity contribution in [2.45, 2.75) is 44.6 Å². The number of benzene rings is 1. The molecule has 1 fully saturated rings. The standard InChI is InChI=1S/C16H21F3N2O2/c1-10(21-15(22)14-11(2)23-8-7-20-14)9-12-3-5-13(6-4-12)16(17,18)19/h3-6,10-11,14,20H,7-9H2,1-2H3,(H,21,22)/t10?,11-,14+/m1/s1. The molecular weight excluding hydrogens is 309 g/mol. The number of halogens is 3. The summed E-state index contributed by atoms with van der Waals surface area (Å²) >= 11 is 0. The van der Waals surface area contributed by atoms with E-state index in [1.165, 1.54) is 12.1 Å². The molecule has 1 aliphatic heterocycles. The Bertz CT molecular complexity index is 531. The molecule has 7 heteroatoms. The summed E-state index contributed by atoms with van der Waals surface area (Å²) in [5, 5.41) is 5.97. The number of nitrogens with one attached hydrogen (secondary N) is 2. The Kier molecular flexibility index (Phi) is 5.64. The Labute approximate surface area is 133 Å². The van der Waals surface area contributed by atoms with Crippen LogP contribution in [0.15, 0.2) is 24.3 Å². The zero-order valence-electron chi connectivity index (χ0n) is 13.1. The minimum atomic E-state index is -4.33. The number of carbonyl (C=O) groups excluding carboxylic acids is 1. The normalized spacial score (nSPS) is 23.3. The second-order valence-electron chi connectivity index (χ2n) is 5.82. The van der Waals surface area contributed by atoms with Crippen LogP contribution in [0.2, 0.25) is 0 Å². The van der Waals surface area contributed by atoms with Crippen LogP contribution in [0.3, 0.4) is 0 Å². The van der Waals surface area contributed by atoms with Crippen molar-refractivity contribution in [3.05, 3.63) is 35.4 Å². The van der Waals surface area contributed by atoms with Crippen molar-refractivity contribution < 1.29 is 22.7 Å². The van der Waals surface area contributed by atoms with Gasteiger partial charge in [-0.2, -0.15) is 13.2 Å². The predicted octanol–water partition coefficient (Wildman–Crippen LogP) is 2.13. The van der Waals surface area contributed by atoms with Crippen LogP contribution in [-0.2, 0) is 22.1 Å². The SMILES string of the molecule is CC(Cc1ccc(C(F)(F)F)cc1)NC(=O)[C@H]1NCCO[C@@H]1C. The molecule has 0 aliphatic carbocycles. The number of carbonyl (C=O) groups is 1. The summed E-state index contributed by atoms with van der Waals surface area (Å²) in [4.78, 5) is 12.2. The molecule has 1 heterocycles. The summed E-state index contributed by atoms with van der Waals surface area (Å²) in [5.41, 5.74) is 0.0713. The van der Waals surface area contributed by atoms with Gasteiger partial charge in [0.15, 0.2) is 0 Å². The molecule has 2 N–H and O–H groups in total. The van der Waals surface area contributed by atoms with E-state index in [4.69, 9.17) is 4.74 Å². The van der Waals surface area contributed by atoms with E-state index in [-0.39, 0.29) is 18.1 Å². The molecule has 3 atom stereocenters. The highest BCUT2D eigenvalue weighted by Crippen LogP contribution is 2.29. The lowest BCUT2D eigenvalue weighted by molar-refractivity contribution is -0.137. The Hall–Kier alpha value is -1.60.